The van der Waals surface area contributed by atoms with E-state index in [1.807, 2.05) is 19.2 Å². The van der Waals surface area contributed by atoms with Gasteiger partial charge in [-0.3, -0.25) is 10.00 Å². The van der Waals surface area contributed by atoms with E-state index in [-0.39, 0.29) is 17.1 Å². The fourth-order valence-electron chi connectivity index (χ4n) is 5.35. The highest BCUT2D eigenvalue weighted by molar-refractivity contribution is 5.94. The Labute approximate surface area is 214 Å². The molecular formula is C28H31FN6O2. The van der Waals surface area contributed by atoms with Crippen LogP contribution >= 0.6 is 0 Å². The van der Waals surface area contributed by atoms with Crippen molar-refractivity contribution in [3.63, 3.8) is 0 Å². The topological polar surface area (TPSA) is 102 Å². The predicted molar refractivity (Wildman–Crippen MR) is 142 cm³/mol. The fourth-order valence-corrected chi connectivity index (χ4v) is 5.35. The zero-order chi connectivity index (χ0) is 25.4. The van der Waals surface area contributed by atoms with Crippen LogP contribution in [0.1, 0.15) is 24.6 Å². The van der Waals surface area contributed by atoms with Gasteiger partial charge >= 0.3 is 0 Å². The number of aromatic amines is 2. The van der Waals surface area contributed by atoms with Crippen molar-refractivity contribution in [2.45, 2.75) is 25.8 Å². The number of phenols is 1. The van der Waals surface area contributed by atoms with Crippen LogP contribution in [0.2, 0.25) is 0 Å². The van der Waals surface area contributed by atoms with Crippen LogP contribution in [0.15, 0.2) is 42.6 Å². The van der Waals surface area contributed by atoms with Crippen molar-refractivity contribution in [3.8, 4) is 28.4 Å². The van der Waals surface area contributed by atoms with E-state index in [1.165, 1.54) is 5.57 Å². The number of ether oxygens (including phenoxy) is 1. The number of benzene rings is 2. The Morgan fingerprint density at radius 2 is 2.11 bits per heavy atom. The summed E-state index contributed by atoms with van der Waals surface area (Å²) in [6.45, 7) is 7.32. The molecule has 2 aliphatic heterocycles. The number of nitrogens with one attached hydrogen (secondary N) is 3. The van der Waals surface area contributed by atoms with Crippen LogP contribution in [0.4, 0.5) is 4.39 Å². The molecule has 8 nitrogen and oxygen atoms in total. The van der Waals surface area contributed by atoms with Crippen LogP contribution in [-0.4, -0.2) is 75.6 Å². The van der Waals surface area contributed by atoms with Gasteiger partial charge in [0, 0.05) is 43.2 Å². The van der Waals surface area contributed by atoms with E-state index in [9.17, 15) is 5.11 Å². The first-order valence-corrected chi connectivity index (χ1v) is 12.9. The van der Waals surface area contributed by atoms with E-state index in [2.05, 4.69) is 36.5 Å². The number of aromatic nitrogens is 4. The first-order chi connectivity index (χ1) is 18.1. The SMILES string of the molecule is CCc1cc(O)ccc1-c1ccc2c(-c3ncc(C4=CCN(C[C@@H]5COCCN5)CC4)[nH]3)[nH]nc2c1F. The van der Waals surface area contributed by atoms with Crippen molar-refractivity contribution in [2.24, 2.45) is 0 Å². The molecule has 4 aromatic rings. The second-order valence-corrected chi connectivity index (χ2v) is 9.73. The van der Waals surface area contributed by atoms with Gasteiger partial charge in [0.25, 0.3) is 0 Å². The second-order valence-electron chi connectivity index (χ2n) is 9.73. The van der Waals surface area contributed by atoms with Crippen LogP contribution in [-0.2, 0) is 11.2 Å². The molecule has 1 atom stereocenters. The molecule has 0 unspecified atom stereocenters. The number of aromatic hydroxyl groups is 1. The highest BCUT2D eigenvalue weighted by Crippen LogP contribution is 2.35. The van der Waals surface area contributed by atoms with Crippen molar-refractivity contribution in [1.82, 2.24) is 30.4 Å². The van der Waals surface area contributed by atoms with E-state index in [0.29, 0.717) is 34.9 Å². The number of morpholine rings is 1. The van der Waals surface area contributed by atoms with E-state index < -0.39 is 0 Å². The maximum atomic E-state index is 15.6. The second kappa shape index (κ2) is 10.1. The van der Waals surface area contributed by atoms with Gasteiger partial charge in [0.1, 0.15) is 17.0 Å². The van der Waals surface area contributed by atoms with Crippen molar-refractivity contribution in [2.75, 3.05) is 39.4 Å². The summed E-state index contributed by atoms with van der Waals surface area (Å²) >= 11 is 0. The van der Waals surface area contributed by atoms with Crippen LogP contribution < -0.4 is 5.32 Å². The molecule has 1 saturated heterocycles. The van der Waals surface area contributed by atoms with Crippen LogP contribution in [0, 0.1) is 5.82 Å². The van der Waals surface area contributed by atoms with Crippen LogP contribution in [0.3, 0.4) is 0 Å². The molecule has 0 spiro atoms. The number of halogens is 1. The molecule has 2 aromatic heterocycles. The van der Waals surface area contributed by atoms with Crippen molar-refractivity contribution >= 4 is 16.5 Å². The number of fused-ring (bicyclic) bond motifs is 1. The van der Waals surface area contributed by atoms with Gasteiger partial charge in [0.2, 0.25) is 0 Å². The number of imidazole rings is 1. The third-order valence-corrected chi connectivity index (χ3v) is 7.35. The Balaban J connectivity index is 1.23. The number of H-pyrrole nitrogens is 2. The molecule has 0 aliphatic carbocycles. The van der Waals surface area contributed by atoms with E-state index in [1.54, 1.807) is 24.3 Å². The molecule has 6 rings (SSSR count). The predicted octanol–water partition coefficient (Wildman–Crippen LogP) is 4.10. The lowest BCUT2D eigenvalue weighted by Crippen LogP contribution is -2.49. The number of hydrogen-bond acceptors (Lipinski definition) is 6. The summed E-state index contributed by atoms with van der Waals surface area (Å²) < 4.78 is 21.2. The highest BCUT2D eigenvalue weighted by atomic mass is 19.1. The number of hydrogen-bond donors (Lipinski definition) is 4. The van der Waals surface area contributed by atoms with Gasteiger partial charge in [-0.2, -0.15) is 5.10 Å². The summed E-state index contributed by atoms with van der Waals surface area (Å²) in [5.41, 5.74) is 5.25. The molecular weight excluding hydrogens is 471 g/mol. The Bertz CT molecular complexity index is 1450. The number of rotatable bonds is 6. The molecule has 1 fully saturated rings. The molecule has 2 aromatic carbocycles. The zero-order valence-electron chi connectivity index (χ0n) is 20.9. The fraction of sp³-hybridized carbons (Fsp3) is 0.357. The molecule has 0 bridgehead atoms. The largest absolute Gasteiger partial charge is 0.508 e. The maximum absolute atomic E-state index is 15.6. The quantitative estimate of drug-likeness (QED) is 0.317. The molecule has 9 heteroatoms. The first-order valence-electron chi connectivity index (χ1n) is 12.9. The van der Waals surface area contributed by atoms with Gasteiger partial charge in [0.05, 0.1) is 25.1 Å². The molecule has 2 aliphatic rings. The third-order valence-electron chi connectivity index (χ3n) is 7.35. The first kappa shape index (κ1) is 23.8. The number of phenolic OH excluding ortho intramolecular Hbond substituents is 1. The van der Waals surface area contributed by atoms with Crippen LogP contribution in [0.25, 0.3) is 39.1 Å². The van der Waals surface area contributed by atoms with Crippen molar-refractivity contribution < 1.29 is 14.2 Å². The summed E-state index contributed by atoms with van der Waals surface area (Å²) in [6.07, 6.45) is 5.71. The maximum Gasteiger partial charge on any atom is 0.159 e. The molecule has 4 N–H and O–H groups in total. The third kappa shape index (κ3) is 4.66. The zero-order valence-corrected chi connectivity index (χ0v) is 20.9. The van der Waals surface area contributed by atoms with Gasteiger partial charge in [-0.1, -0.05) is 25.1 Å². The van der Waals surface area contributed by atoms with Gasteiger partial charge in [0.15, 0.2) is 11.6 Å². The monoisotopic (exact) mass is 502 g/mol. The summed E-state index contributed by atoms with van der Waals surface area (Å²) in [5.74, 6) is 0.421. The van der Waals surface area contributed by atoms with Crippen LogP contribution in [0.5, 0.6) is 5.75 Å². The number of aryl methyl sites for hydroxylation is 1. The molecule has 0 radical (unpaired) electrons. The van der Waals surface area contributed by atoms with Crippen molar-refractivity contribution in [1.29, 1.82) is 0 Å². The highest BCUT2D eigenvalue weighted by Gasteiger charge is 2.22. The molecule has 37 heavy (non-hydrogen) atoms. The minimum absolute atomic E-state index is 0.175. The van der Waals surface area contributed by atoms with E-state index >= 15 is 4.39 Å². The Morgan fingerprint density at radius 3 is 2.89 bits per heavy atom. The molecule has 192 valence electrons. The van der Waals surface area contributed by atoms with Gasteiger partial charge in [-0.05, 0) is 47.7 Å². The lowest BCUT2D eigenvalue weighted by molar-refractivity contribution is 0.0634. The normalized spacial score (nSPS) is 18.9. The summed E-state index contributed by atoms with van der Waals surface area (Å²) in [7, 11) is 0. The average Bonchev–Trinajstić information content (AvgIpc) is 3.58. The van der Waals surface area contributed by atoms with Gasteiger partial charge in [-0.15, -0.1) is 0 Å². The van der Waals surface area contributed by atoms with E-state index in [4.69, 9.17) is 4.74 Å². The Kier molecular flexibility index (Phi) is 6.50. The Morgan fingerprint density at radius 1 is 1.22 bits per heavy atom. The lowest BCUT2D eigenvalue weighted by Gasteiger charge is -2.32. The standard InChI is InChI=1S/C28H31FN6O2/c1-2-17-13-20(36)3-4-21(17)22-5-6-23-26(25(22)29)33-34-27(23)28-31-14-24(32-28)18-7-10-35(11-8-18)15-19-16-37-12-9-30-19/h3-7,13-14,19,30,36H,2,8-12,15-16H2,1H3,(H,31,32)(H,33,34)/t19-/m1/s1. The van der Waals surface area contributed by atoms with Gasteiger partial charge < -0.3 is 20.1 Å². The Hall–Kier alpha value is -3.53. The number of nitrogens with zero attached hydrogens (tertiary/aromatic N) is 3. The molecule has 0 saturated carbocycles. The van der Waals surface area contributed by atoms with Crippen molar-refractivity contribution in [3.05, 3.63) is 59.7 Å². The summed E-state index contributed by atoms with van der Waals surface area (Å²) in [6, 6.07) is 9.06. The molecule has 0 amide bonds. The minimum atomic E-state index is -0.389. The minimum Gasteiger partial charge on any atom is -0.508 e. The summed E-state index contributed by atoms with van der Waals surface area (Å²) in [4.78, 5) is 10.4. The lowest BCUT2D eigenvalue weighted by atomic mass is 9.96. The summed E-state index contributed by atoms with van der Waals surface area (Å²) in [5, 5.41) is 21.3. The molecule has 4 heterocycles. The smallest absolute Gasteiger partial charge is 0.159 e. The van der Waals surface area contributed by atoms with E-state index in [0.717, 1.165) is 62.6 Å². The average molecular weight is 503 g/mol. The van der Waals surface area contributed by atoms with Gasteiger partial charge in [-0.25, -0.2) is 9.37 Å².